The van der Waals surface area contributed by atoms with Crippen molar-refractivity contribution in [3.63, 3.8) is 0 Å². The summed E-state index contributed by atoms with van der Waals surface area (Å²) >= 11 is 3.37. The number of hydrogen-bond donors (Lipinski definition) is 2. The van der Waals surface area contributed by atoms with Crippen LogP contribution in [0.15, 0.2) is 0 Å². The van der Waals surface area contributed by atoms with Gasteiger partial charge in [-0.3, -0.25) is 5.41 Å². The third kappa shape index (κ3) is 2.08. The molecule has 0 aliphatic carbocycles. The average molecular weight is 105 g/mol. The van der Waals surface area contributed by atoms with Gasteiger partial charge < -0.3 is 4.18 Å². The van der Waals surface area contributed by atoms with E-state index >= 15 is 0 Å². The molecule has 0 spiro atoms. The standard InChI is InChI=1S/C3H7NOS/c1-2-3(4)5-6/h4,6H,2H2,1H3. The fourth-order valence-electron chi connectivity index (χ4n) is 0.0645. The number of rotatable bonds is 1. The van der Waals surface area contributed by atoms with Crippen molar-refractivity contribution in [2.24, 2.45) is 0 Å². The molecule has 0 saturated carbocycles. The van der Waals surface area contributed by atoms with Gasteiger partial charge in [0.1, 0.15) is 0 Å². The van der Waals surface area contributed by atoms with E-state index in [-0.39, 0.29) is 5.90 Å². The van der Waals surface area contributed by atoms with Crippen molar-refractivity contribution in [2.45, 2.75) is 13.3 Å². The van der Waals surface area contributed by atoms with Crippen molar-refractivity contribution in [3.8, 4) is 0 Å². The Kier molecular flexibility index (Phi) is 2.94. The van der Waals surface area contributed by atoms with E-state index < -0.39 is 0 Å². The molecule has 0 unspecified atom stereocenters. The molecule has 0 amide bonds. The maximum Gasteiger partial charge on any atom is 0.195 e. The predicted octanol–water partition coefficient (Wildman–Crippen LogP) is 1.24. The number of nitrogens with one attached hydrogen (secondary N) is 1. The highest BCUT2D eigenvalue weighted by molar-refractivity contribution is 7.75. The van der Waals surface area contributed by atoms with Crippen LogP contribution in [0.1, 0.15) is 13.3 Å². The summed E-state index contributed by atoms with van der Waals surface area (Å²) in [5.74, 6) is 0.207. The van der Waals surface area contributed by atoms with Crippen molar-refractivity contribution >= 4 is 18.8 Å². The molecule has 1 N–H and O–H groups in total. The molecule has 0 radical (unpaired) electrons. The monoisotopic (exact) mass is 105 g/mol. The van der Waals surface area contributed by atoms with Gasteiger partial charge in [-0.05, 0) is 0 Å². The Hall–Kier alpha value is -0.180. The molecule has 0 atom stereocenters. The zero-order chi connectivity index (χ0) is 4.99. The van der Waals surface area contributed by atoms with Crippen LogP contribution in [0, 0.1) is 5.41 Å². The zero-order valence-electron chi connectivity index (χ0n) is 3.56. The second kappa shape index (κ2) is 3.03. The van der Waals surface area contributed by atoms with Crippen LogP contribution < -0.4 is 0 Å². The lowest BCUT2D eigenvalue weighted by Gasteiger charge is -1.89. The van der Waals surface area contributed by atoms with Crippen LogP contribution >= 0.6 is 12.9 Å². The molecule has 0 aliphatic heterocycles. The lowest BCUT2D eigenvalue weighted by molar-refractivity contribution is 0.629. The first-order chi connectivity index (χ1) is 2.81. The van der Waals surface area contributed by atoms with Gasteiger partial charge in [0.25, 0.3) is 0 Å². The summed E-state index contributed by atoms with van der Waals surface area (Å²) in [5, 5.41) is 6.69. The van der Waals surface area contributed by atoms with Crippen LogP contribution in [-0.4, -0.2) is 5.90 Å². The third-order valence-corrected chi connectivity index (χ3v) is 0.652. The SMILES string of the molecule is CCC(=N)OS. The minimum absolute atomic E-state index is 0.207. The molecular weight excluding hydrogens is 98.1 g/mol. The van der Waals surface area contributed by atoms with E-state index in [0.29, 0.717) is 6.42 Å². The zero-order valence-corrected chi connectivity index (χ0v) is 4.46. The van der Waals surface area contributed by atoms with Gasteiger partial charge in [-0.2, -0.15) is 0 Å². The van der Waals surface area contributed by atoms with Crippen LogP contribution in [0.25, 0.3) is 0 Å². The van der Waals surface area contributed by atoms with E-state index in [1.807, 2.05) is 6.92 Å². The highest BCUT2D eigenvalue weighted by Gasteiger charge is 1.82. The van der Waals surface area contributed by atoms with E-state index in [9.17, 15) is 0 Å². The van der Waals surface area contributed by atoms with Crippen molar-refractivity contribution in [2.75, 3.05) is 0 Å². The first-order valence-corrected chi connectivity index (χ1v) is 2.06. The molecule has 6 heavy (non-hydrogen) atoms. The smallest absolute Gasteiger partial charge is 0.195 e. The molecule has 0 rings (SSSR count). The van der Waals surface area contributed by atoms with Crippen molar-refractivity contribution in [3.05, 3.63) is 0 Å². The Morgan fingerprint density at radius 1 is 2.00 bits per heavy atom. The molecule has 3 heteroatoms. The molecule has 0 aromatic carbocycles. The topological polar surface area (TPSA) is 33.1 Å². The summed E-state index contributed by atoms with van der Waals surface area (Å²) in [6.07, 6.45) is 0.615. The summed E-state index contributed by atoms with van der Waals surface area (Å²) in [6.45, 7) is 1.83. The second-order valence-corrected chi connectivity index (χ2v) is 1.05. The fourth-order valence-corrected chi connectivity index (χ4v) is 0.194. The molecule has 0 aliphatic rings. The molecule has 0 fully saturated rings. The molecule has 0 aromatic rings. The van der Waals surface area contributed by atoms with Crippen molar-refractivity contribution in [1.29, 1.82) is 5.41 Å². The molecule has 0 bridgehead atoms. The van der Waals surface area contributed by atoms with Crippen LogP contribution in [0.2, 0.25) is 0 Å². The van der Waals surface area contributed by atoms with Gasteiger partial charge in [0.05, 0.1) is 0 Å². The summed E-state index contributed by atoms with van der Waals surface area (Å²) in [4.78, 5) is 0. The van der Waals surface area contributed by atoms with E-state index in [2.05, 4.69) is 17.1 Å². The Bertz CT molecular complexity index is 48.8. The Morgan fingerprint density at radius 2 is 2.50 bits per heavy atom. The molecule has 0 heterocycles. The van der Waals surface area contributed by atoms with Crippen molar-refractivity contribution in [1.82, 2.24) is 0 Å². The lowest BCUT2D eigenvalue weighted by Crippen LogP contribution is -1.88. The van der Waals surface area contributed by atoms with Gasteiger partial charge in [0, 0.05) is 19.3 Å². The predicted molar refractivity (Wildman–Crippen MR) is 28.1 cm³/mol. The van der Waals surface area contributed by atoms with Gasteiger partial charge in [-0.1, -0.05) is 6.92 Å². The maximum absolute atomic E-state index is 6.69. The fraction of sp³-hybridized carbons (Fsp3) is 0.667. The van der Waals surface area contributed by atoms with Gasteiger partial charge >= 0.3 is 0 Å². The highest BCUT2D eigenvalue weighted by Crippen LogP contribution is 1.84. The van der Waals surface area contributed by atoms with E-state index in [1.54, 1.807) is 0 Å². The quantitative estimate of drug-likeness (QED) is 0.223. The Morgan fingerprint density at radius 3 is 2.50 bits per heavy atom. The van der Waals surface area contributed by atoms with E-state index in [1.165, 1.54) is 0 Å². The van der Waals surface area contributed by atoms with Crippen LogP contribution in [0.3, 0.4) is 0 Å². The number of thiol groups is 1. The summed E-state index contributed by atoms with van der Waals surface area (Å²) < 4.78 is 4.18. The molecule has 36 valence electrons. The average Bonchev–Trinajstić information content (AvgIpc) is 1.65. The molecular formula is C3H7NOS. The minimum atomic E-state index is 0.207. The third-order valence-electron chi connectivity index (χ3n) is 0.431. The first kappa shape index (κ1) is 5.82. The normalized spacial score (nSPS) is 7.67. The van der Waals surface area contributed by atoms with Gasteiger partial charge in [-0.25, -0.2) is 0 Å². The highest BCUT2D eigenvalue weighted by atomic mass is 32.1. The first-order valence-electron chi connectivity index (χ1n) is 1.70. The Labute approximate surface area is 42.6 Å². The van der Waals surface area contributed by atoms with Gasteiger partial charge in [0.15, 0.2) is 5.90 Å². The van der Waals surface area contributed by atoms with E-state index in [0.717, 1.165) is 0 Å². The maximum atomic E-state index is 6.69. The summed E-state index contributed by atoms with van der Waals surface area (Å²) in [7, 11) is 0. The molecule has 0 saturated heterocycles. The molecule has 2 nitrogen and oxygen atoms in total. The summed E-state index contributed by atoms with van der Waals surface area (Å²) in [5.41, 5.74) is 0. The summed E-state index contributed by atoms with van der Waals surface area (Å²) in [6, 6.07) is 0. The lowest BCUT2D eigenvalue weighted by atomic mass is 10.5. The van der Waals surface area contributed by atoms with Gasteiger partial charge in [0.2, 0.25) is 0 Å². The second-order valence-electron chi connectivity index (χ2n) is 0.868. The van der Waals surface area contributed by atoms with Crippen LogP contribution in [-0.2, 0) is 4.18 Å². The minimum Gasteiger partial charge on any atom is -0.414 e. The number of hydrogen-bond acceptors (Lipinski definition) is 3. The van der Waals surface area contributed by atoms with Crippen molar-refractivity contribution < 1.29 is 4.18 Å². The van der Waals surface area contributed by atoms with E-state index in [4.69, 9.17) is 5.41 Å². The Balaban J connectivity index is 2.99. The van der Waals surface area contributed by atoms with Gasteiger partial charge in [-0.15, -0.1) is 0 Å². The van der Waals surface area contributed by atoms with Crippen LogP contribution in [0.5, 0.6) is 0 Å². The molecule has 0 aromatic heterocycles. The van der Waals surface area contributed by atoms with Crippen LogP contribution in [0.4, 0.5) is 0 Å². The largest absolute Gasteiger partial charge is 0.414 e.